The fraction of sp³-hybridized carbons (Fsp3) is 0.647. The van der Waals surface area contributed by atoms with Gasteiger partial charge in [-0.1, -0.05) is 0 Å². The topological polar surface area (TPSA) is 51.7 Å². The van der Waals surface area contributed by atoms with E-state index in [1.807, 2.05) is 19.1 Å². The van der Waals surface area contributed by atoms with E-state index < -0.39 is 0 Å². The van der Waals surface area contributed by atoms with E-state index in [1.165, 1.54) is 19.5 Å². The van der Waals surface area contributed by atoms with Crippen LogP contribution >= 0.6 is 0 Å². The predicted octanol–water partition coefficient (Wildman–Crippen LogP) is 0.576. The number of piperazine rings is 1. The number of likely N-dealkylation sites (tertiary alicyclic amines) is 1. The molecular formula is C17H27N5O. The van der Waals surface area contributed by atoms with Crippen molar-refractivity contribution in [2.24, 2.45) is 0 Å². The van der Waals surface area contributed by atoms with Gasteiger partial charge in [0, 0.05) is 45.8 Å². The number of carbonyl (C=O) groups excluding carboxylic acids is 1. The van der Waals surface area contributed by atoms with Gasteiger partial charge in [0.1, 0.15) is 5.69 Å². The van der Waals surface area contributed by atoms with Gasteiger partial charge >= 0.3 is 0 Å². The Kier molecular flexibility index (Phi) is 4.82. The largest absolute Gasteiger partial charge is 0.368 e. The van der Waals surface area contributed by atoms with E-state index in [-0.39, 0.29) is 5.91 Å². The molecule has 2 aliphatic rings. The second kappa shape index (κ2) is 6.84. The quantitative estimate of drug-likeness (QED) is 0.884. The van der Waals surface area contributed by atoms with E-state index >= 15 is 0 Å². The van der Waals surface area contributed by atoms with E-state index in [0.717, 1.165) is 43.6 Å². The predicted molar refractivity (Wildman–Crippen MR) is 92.1 cm³/mol. The maximum absolute atomic E-state index is 11.7. The van der Waals surface area contributed by atoms with Crippen LogP contribution in [0.1, 0.15) is 22.6 Å². The minimum atomic E-state index is -0.130. The first-order chi connectivity index (χ1) is 11.1. The summed E-state index contributed by atoms with van der Waals surface area (Å²) >= 11 is 0. The highest BCUT2D eigenvalue weighted by molar-refractivity contribution is 5.92. The second-order valence-corrected chi connectivity index (χ2v) is 6.61. The van der Waals surface area contributed by atoms with Crippen LogP contribution in [-0.2, 0) is 0 Å². The second-order valence-electron chi connectivity index (χ2n) is 6.61. The molecule has 0 radical (unpaired) electrons. The average molecular weight is 317 g/mol. The summed E-state index contributed by atoms with van der Waals surface area (Å²) in [5, 5.41) is 2.62. The van der Waals surface area contributed by atoms with Crippen LogP contribution in [0.15, 0.2) is 12.1 Å². The minimum absolute atomic E-state index is 0.130. The lowest BCUT2D eigenvalue weighted by Crippen LogP contribution is -2.51. The molecule has 2 saturated heterocycles. The Bertz CT molecular complexity index is 568. The summed E-state index contributed by atoms with van der Waals surface area (Å²) in [6.07, 6.45) is 1.29. The summed E-state index contributed by atoms with van der Waals surface area (Å²) in [5.74, 6) is -0.130. The number of likely N-dealkylation sites (N-methyl/N-ethyl adjacent to an activating group) is 1. The molecule has 2 fully saturated rings. The molecule has 0 bridgehead atoms. The molecule has 0 aliphatic carbocycles. The Morgan fingerprint density at radius 2 is 1.96 bits per heavy atom. The Balaban J connectivity index is 1.62. The van der Waals surface area contributed by atoms with Gasteiger partial charge in [0.2, 0.25) is 0 Å². The smallest absolute Gasteiger partial charge is 0.269 e. The van der Waals surface area contributed by atoms with Crippen molar-refractivity contribution in [3.05, 3.63) is 23.5 Å². The number of aromatic nitrogens is 1. The number of pyridine rings is 1. The van der Waals surface area contributed by atoms with Crippen molar-refractivity contribution >= 4 is 11.6 Å². The van der Waals surface area contributed by atoms with Crippen LogP contribution in [0, 0.1) is 6.92 Å². The van der Waals surface area contributed by atoms with Gasteiger partial charge in [-0.25, -0.2) is 4.98 Å². The SMILES string of the molecule is CNC(=O)c1ccc(N2CCN(C3CCN(C)C3)CC2)c(C)n1. The number of aryl methyl sites for hydroxylation is 1. The number of nitrogens with one attached hydrogen (secondary N) is 1. The molecule has 1 N–H and O–H groups in total. The number of hydrogen-bond donors (Lipinski definition) is 1. The number of anilines is 1. The third-order valence-corrected chi connectivity index (χ3v) is 5.06. The lowest BCUT2D eigenvalue weighted by atomic mass is 10.1. The molecule has 0 aromatic carbocycles. The molecule has 23 heavy (non-hydrogen) atoms. The Labute approximate surface area is 138 Å². The zero-order valence-electron chi connectivity index (χ0n) is 14.4. The fourth-order valence-corrected chi connectivity index (χ4v) is 3.68. The van der Waals surface area contributed by atoms with E-state index in [9.17, 15) is 4.79 Å². The van der Waals surface area contributed by atoms with E-state index in [2.05, 4.69) is 32.0 Å². The molecule has 1 atom stereocenters. The van der Waals surface area contributed by atoms with Gasteiger partial charge in [-0.15, -0.1) is 0 Å². The maximum Gasteiger partial charge on any atom is 0.269 e. The summed E-state index contributed by atoms with van der Waals surface area (Å²) in [6, 6.07) is 4.57. The number of amides is 1. The number of nitrogens with zero attached hydrogens (tertiary/aromatic N) is 4. The van der Waals surface area contributed by atoms with Gasteiger partial charge in [-0.05, 0) is 39.1 Å². The third kappa shape index (κ3) is 3.48. The number of carbonyl (C=O) groups is 1. The van der Waals surface area contributed by atoms with Crippen LogP contribution in [0.25, 0.3) is 0 Å². The molecule has 2 aliphatic heterocycles. The molecule has 3 heterocycles. The monoisotopic (exact) mass is 317 g/mol. The first-order valence-corrected chi connectivity index (χ1v) is 8.45. The lowest BCUT2D eigenvalue weighted by Gasteiger charge is -2.39. The molecule has 6 nitrogen and oxygen atoms in total. The molecule has 6 heteroatoms. The van der Waals surface area contributed by atoms with Gasteiger partial charge in [0.05, 0.1) is 11.4 Å². The zero-order valence-corrected chi connectivity index (χ0v) is 14.4. The van der Waals surface area contributed by atoms with Gasteiger partial charge in [-0.2, -0.15) is 0 Å². The van der Waals surface area contributed by atoms with Crippen molar-refractivity contribution in [3.8, 4) is 0 Å². The highest BCUT2D eigenvalue weighted by Crippen LogP contribution is 2.22. The van der Waals surface area contributed by atoms with E-state index in [4.69, 9.17) is 0 Å². The first-order valence-electron chi connectivity index (χ1n) is 8.45. The molecule has 126 valence electrons. The van der Waals surface area contributed by atoms with E-state index in [0.29, 0.717) is 5.69 Å². The fourth-order valence-electron chi connectivity index (χ4n) is 3.68. The van der Waals surface area contributed by atoms with Crippen molar-refractivity contribution < 1.29 is 4.79 Å². The van der Waals surface area contributed by atoms with E-state index in [1.54, 1.807) is 7.05 Å². The lowest BCUT2D eigenvalue weighted by molar-refractivity contribution is 0.0958. The molecular weight excluding hydrogens is 290 g/mol. The van der Waals surface area contributed by atoms with Crippen LogP contribution in [-0.4, -0.2) is 80.1 Å². The van der Waals surface area contributed by atoms with Crippen LogP contribution < -0.4 is 10.2 Å². The Morgan fingerprint density at radius 1 is 1.22 bits per heavy atom. The molecule has 0 spiro atoms. The number of rotatable bonds is 3. The molecule has 1 amide bonds. The van der Waals surface area contributed by atoms with Gasteiger partial charge in [0.15, 0.2) is 0 Å². The molecule has 0 saturated carbocycles. The number of hydrogen-bond acceptors (Lipinski definition) is 5. The standard InChI is InChI=1S/C17H27N5O/c1-13-16(5-4-15(19-13)17(23)18-2)22-10-8-21(9-11-22)14-6-7-20(3)12-14/h4-5,14H,6-12H2,1-3H3,(H,18,23). The summed E-state index contributed by atoms with van der Waals surface area (Å²) in [5.41, 5.74) is 2.57. The normalized spacial score (nSPS) is 23.3. The minimum Gasteiger partial charge on any atom is -0.368 e. The van der Waals surface area contributed by atoms with Crippen LogP contribution in [0.4, 0.5) is 5.69 Å². The van der Waals surface area contributed by atoms with Crippen molar-refractivity contribution in [1.29, 1.82) is 0 Å². The van der Waals surface area contributed by atoms with Crippen molar-refractivity contribution in [2.45, 2.75) is 19.4 Å². The summed E-state index contributed by atoms with van der Waals surface area (Å²) < 4.78 is 0. The van der Waals surface area contributed by atoms with Crippen LogP contribution in [0.2, 0.25) is 0 Å². The van der Waals surface area contributed by atoms with Crippen molar-refractivity contribution in [3.63, 3.8) is 0 Å². The van der Waals surface area contributed by atoms with Crippen LogP contribution in [0.5, 0.6) is 0 Å². The highest BCUT2D eigenvalue weighted by Gasteiger charge is 2.28. The third-order valence-electron chi connectivity index (χ3n) is 5.06. The Morgan fingerprint density at radius 3 is 2.52 bits per heavy atom. The Hall–Kier alpha value is -1.66. The summed E-state index contributed by atoms with van der Waals surface area (Å²) in [4.78, 5) is 23.6. The molecule has 3 rings (SSSR count). The van der Waals surface area contributed by atoms with Gasteiger partial charge in [0.25, 0.3) is 5.91 Å². The van der Waals surface area contributed by atoms with Crippen LogP contribution in [0.3, 0.4) is 0 Å². The van der Waals surface area contributed by atoms with Crippen molar-refractivity contribution in [2.75, 3.05) is 58.3 Å². The molecule has 1 aromatic rings. The summed E-state index contributed by atoms with van der Waals surface area (Å²) in [7, 11) is 3.84. The summed E-state index contributed by atoms with van der Waals surface area (Å²) in [6.45, 7) is 8.67. The van der Waals surface area contributed by atoms with Crippen molar-refractivity contribution in [1.82, 2.24) is 20.1 Å². The zero-order chi connectivity index (χ0) is 16.4. The maximum atomic E-state index is 11.7. The first kappa shape index (κ1) is 16.2. The highest BCUT2D eigenvalue weighted by atomic mass is 16.1. The molecule has 1 aromatic heterocycles. The van der Waals surface area contributed by atoms with Gasteiger partial charge in [-0.3, -0.25) is 9.69 Å². The molecule has 1 unspecified atom stereocenters. The van der Waals surface area contributed by atoms with Gasteiger partial charge < -0.3 is 15.1 Å². The average Bonchev–Trinajstić information content (AvgIpc) is 3.00.